The molecule has 1 aromatic carbocycles. The van der Waals surface area contributed by atoms with Gasteiger partial charge in [-0.3, -0.25) is 0 Å². The van der Waals surface area contributed by atoms with Crippen molar-refractivity contribution in [3.8, 4) is 5.75 Å². The van der Waals surface area contributed by atoms with Crippen molar-refractivity contribution < 1.29 is 22.6 Å². The van der Waals surface area contributed by atoms with Crippen LogP contribution in [-0.2, 0) is 16.6 Å². The number of amidine groups is 1. The van der Waals surface area contributed by atoms with Gasteiger partial charge in [0.15, 0.2) is 5.75 Å². The lowest BCUT2D eigenvalue weighted by Crippen LogP contribution is -2.39. The molecule has 1 aromatic heterocycles. The second-order valence-electron chi connectivity index (χ2n) is 8.84. The normalized spacial score (nSPS) is 23.2. The van der Waals surface area contributed by atoms with Crippen LogP contribution in [0.2, 0.25) is 5.02 Å². The van der Waals surface area contributed by atoms with Crippen molar-refractivity contribution >= 4 is 34.2 Å². The van der Waals surface area contributed by atoms with Crippen molar-refractivity contribution in [3.63, 3.8) is 0 Å². The highest BCUT2D eigenvalue weighted by Crippen LogP contribution is 2.51. The third kappa shape index (κ3) is 3.89. The van der Waals surface area contributed by atoms with Gasteiger partial charge in [0.05, 0.1) is 41.3 Å². The molecule has 1 unspecified atom stereocenters. The molecule has 1 atom stereocenters. The van der Waals surface area contributed by atoms with Crippen molar-refractivity contribution in [2.24, 2.45) is 16.6 Å². The van der Waals surface area contributed by atoms with Gasteiger partial charge in [-0.25, -0.2) is 15.0 Å². The van der Waals surface area contributed by atoms with Crippen LogP contribution in [0.15, 0.2) is 22.8 Å². The highest BCUT2D eigenvalue weighted by Gasteiger charge is 2.49. The largest absolute Gasteiger partial charge is 0.489 e. The van der Waals surface area contributed by atoms with Gasteiger partial charge < -0.3 is 20.5 Å². The molecule has 3 N–H and O–H groups in total. The van der Waals surface area contributed by atoms with Gasteiger partial charge in [0, 0.05) is 30.4 Å². The SMILES string of the molecule is CC1(c2cc3nc(CCC4COC4)nc4c3c(c2Cl)OCCN4)CC(N)=NC=C1C(F)(F)F. The summed E-state index contributed by atoms with van der Waals surface area (Å²) in [6.45, 7) is 3.69. The van der Waals surface area contributed by atoms with Gasteiger partial charge >= 0.3 is 6.18 Å². The number of nitrogens with zero attached hydrogens (tertiary/aromatic N) is 3. The van der Waals surface area contributed by atoms with Gasteiger partial charge in [-0.15, -0.1) is 0 Å². The molecule has 1 saturated heterocycles. The Hall–Kier alpha value is -2.59. The molecule has 176 valence electrons. The number of ether oxygens (including phenoxy) is 2. The lowest BCUT2D eigenvalue weighted by Gasteiger charge is -2.36. The fourth-order valence-electron chi connectivity index (χ4n) is 4.59. The van der Waals surface area contributed by atoms with E-state index in [-0.39, 0.29) is 35.2 Å². The van der Waals surface area contributed by atoms with Gasteiger partial charge in [0.2, 0.25) is 0 Å². The van der Waals surface area contributed by atoms with Crippen LogP contribution in [0.4, 0.5) is 19.0 Å². The minimum Gasteiger partial charge on any atom is -0.489 e. The van der Waals surface area contributed by atoms with E-state index in [4.69, 9.17) is 31.8 Å². The smallest absolute Gasteiger partial charge is 0.415 e. The average Bonchev–Trinajstić information content (AvgIpc) is 2.91. The molecule has 0 saturated carbocycles. The van der Waals surface area contributed by atoms with Crippen molar-refractivity contribution in [1.82, 2.24) is 9.97 Å². The van der Waals surface area contributed by atoms with E-state index >= 15 is 0 Å². The molecule has 3 aliphatic heterocycles. The number of nitrogens with two attached hydrogens (primary N) is 1. The first-order valence-corrected chi connectivity index (χ1v) is 11.1. The van der Waals surface area contributed by atoms with Gasteiger partial charge in [-0.1, -0.05) is 18.5 Å². The third-order valence-electron chi connectivity index (χ3n) is 6.44. The number of halogens is 4. The van der Waals surface area contributed by atoms with Crippen LogP contribution in [-0.4, -0.2) is 48.3 Å². The minimum absolute atomic E-state index is 0.0990. The number of aromatic nitrogens is 2. The Morgan fingerprint density at radius 3 is 2.79 bits per heavy atom. The van der Waals surface area contributed by atoms with Gasteiger partial charge in [0.25, 0.3) is 0 Å². The molecule has 0 amide bonds. The molecular weight excluding hydrogens is 459 g/mol. The summed E-state index contributed by atoms with van der Waals surface area (Å²) < 4.78 is 53.1. The molecule has 2 aromatic rings. The summed E-state index contributed by atoms with van der Waals surface area (Å²) in [5.41, 5.74) is 4.23. The number of anilines is 1. The molecule has 0 aliphatic carbocycles. The predicted molar refractivity (Wildman–Crippen MR) is 119 cm³/mol. The first-order valence-electron chi connectivity index (χ1n) is 10.7. The van der Waals surface area contributed by atoms with E-state index in [2.05, 4.69) is 15.3 Å². The number of aliphatic imine (C=N–C) groups is 1. The molecule has 0 bridgehead atoms. The molecule has 5 rings (SSSR count). The summed E-state index contributed by atoms with van der Waals surface area (Å²) in [6.07, 6.45) is -2.44. The van der Waals surface area contributed by atoms with Crippen LogP contribution < -0.4 is 15.8 Å². The zero-order chi connectivity index (χ0) is 23.4. The van der Waals surface area contributed by atoms with Crippen molar-refractivity contribution in [3.05, 3.63) is 34.2 Å². The fraction of sp³-hybridized carbons (Fsp3) is 0.500. The highest BCUT2D eigenvalue weighted by molar-refractivity contribution is 6.34. The summed E-state index contributed by atoms with van der Waals surface area (Å²) >= 11 is 6.72. The van der Waals surface area contributed by atoms with Crippen LogP contribution in [0.25, 0.3) is 10.9 Å². The molecule has 1 fully saturated rings. The number of hydrogen-bond acceptors (Lipinski definition) is 7. The molecule has 7 nitrogen and oxygen atoms in total. The molecule has 0 radical (unpaired) electrons. The van der Waals surface area contributed by atoms with Crippen LogP contribution in [0.3, 0.4) is 0 Å². The summed E-state index contributed by atoms with van der Waals surface area (Å²) in [6, 6.07) is 1.61. The Bertz CT molecular complexity index is 1180. The van der Waals surface area contributed by atoms with E-state index in [1.165, 1.54) is 6.92 Å². The van der Waals surface area contributed by atoms with E-state index in [1.807, 2.05) is 0 Å². The van der Waals surface area contributed by atoms with E-state index < -0.39 is 17.2 Å². The monoisotopic (exact) mass is 481 g/mol. The summed E-state index contributed by atoms with van der Waals surface area (Å²) in [4.78, 5) is 13.1. The summed E-state index contributed by atoms with van der Waals surface area (Å²) in [5.74, 6) is 2.04. The molecule has 33 heavy (non-hydrogen) atoms. The van der Waals surface area contributed by atoms with E-state index in [1.54, 1.807) is 6.07 Å². The Kier molecular flexibility index (Phi) is 5.40. The van der Waals surface area contributed by atoms with Crippen molar-refractivity contribution in [1.29, 1.82) is 0 Å². The number of rotatable bonds is 4. The Morgan fingerprint density at radius 1 is 1.30 bits per heavy atom. The first-order chi connectivity index (χ1) is 15.7. The zero-order valence-electron chi connectivity index (χ0n) is 17.9. The fourth-order valence-corrected chi connectivity index (χ4v) is 5.00. The van der Waals surface area contributed by atoms with Crippen LogP contribution in [0.5, 0.6) is 5.75 Å². The van der Waals surface area contributed by atoms with E-state index in [9.17, 15) is 13.2 Å². The molecule has 0 spiro atoms. The second kappa shape index (κ2) is 8.02. The molecule has 3 aliphatic rings. The van der Waals surface area contributed by atoms with Crippen LogP contribution in [0, 0.1) is 5.92 Å². The highest BCUT2D eigenvalue weighted by atomic mass is 35.5. The van der Waals surface area contributed by atoms with E-state index in [0.29, 0.717) is 41.4 Å². The Morgan fingerprint density at radius 2 is 2.09 bits per heavy atom. The maximum Gasteiger partial charge on any atom is 0.415 e. The number of aryl methyl sites for hydroxylation is 1. The van der Waals surface area contributed by atoms with Crippen LogP contribution >= 0.6 is 11.6 Å². The van der Waals surface area contributed by atoms with Crippen LogP contribution in [0.1, 0.15) is 31.2 Å². The molecule has 4 heterocycles. The predicted octanol–water partition coefficient (Wildman–Crippen LogP) is 4.13. The lowest BCUT2D eigenvalue weighted by atomic mass is 9.71. The number of hydrogen-bond donors (Lipinski definition) is 2. The maximum absolute atomic E-state index is 14.0. The van der Waals surface area contributed by atoms with Crippen molar-refractivity contribution in [2.45, 2.75) is 37.8 Å². The summed E-state index contributed by atoms with van der Waals surface area (Å²) in [5, 5.41) is 3.90. The minimum atomic E-state index is -4.61. The third-order valence-corrected chi connectivity index (χ3v) is 6.82. The Labute approximate surface area is 193 Å². The Balaban J connectivity index is 1.67. The molecular formula is C22H23ClF3N5O2. The second-order valence-corrected chi connectivity index (χ2v) is 9.22. The van der Waals surface area contributed by atoms with Gasteiger partial charge in [-0.05, 0) is 18.1 Å². The zero-order valence-corrected chi connectivity index (χ0v) is 18.7. The standard InChI is InChI=1S/C22H23ClF3N5O2/c1-21(7-15(27)29-8-14(21)22(24,25)26)12-6-13-17-19(18(12)23)33-5-4-28-20(17)31-16(30-13)3-2-11-9-32-10-11/h6,8,11H,2-5,7,9-10H2,1H3,(H2,27,29)(H,28,30,31). The number of allylic oxidation sites excluding steroid dienone is 1. The lowest BCUT2D eigenvalue weighted by molar-refractivity contribution is -0.101. The topological polar surface area (TPSA) is 94.7 Å². The molecule has 11 heteroatoms. The van der Waals surface area contributed by atoms with Crippen molar-refractivity contribution in [2.75, 3.05) is 31.7 Å². The average molecular weight is 482 g/mol. The number of alkyl halides is 3. The quantitative estimate of drug-likeness (QED) is 0.682. The first kappa shape index (κ1) is 22.2. The summed E-state index contributed by atoms with van der Waals surface area (Å²) in [7, 11) is 0. The van der Waals surface area contributed by atoms with Gasteiger partial charge in [-0.2, -0.15) is 13.2 Å². The van der Waals surface area contributed by atoms with Gasteiger partial charge in [0.1, 0.15) is 24.1 Å². The van der Waals surface area contributed by atoms with E-state index in [0.717, 1.165) is 25.8 Å². The maximum atomic E-state index is 14.0. The number of benzene rings is 1. The number of nitrogens with one attached hydrogen (secondary N) is 1.